The molecule has 22 heavy (non-hydrogen) atoms. The highest BCUT2D eigenvalue weighted by Gasteiger charge is 2.40. The number of hydrogen-bond donors (Lipinski definition) is 1. The molecule has 0 unspecified atom stereocenters. The van der Waals surface area contributed by atoms with E-state index in [2.05, 4.69) is 31.4 Å². The van der Waals surface area contributed by atoms with Crippen LogP contribution in [0.2, 0.25) is 0 Å². The van der Waals surface area contributed by atoms with Gasteiger partial charge in [-0.1, -0.05) is 0 Å². The van der Waals surface area contributed by atoms with E-state index < -0.39 is 0 Å². The first-order valence-electron chi connectivity index (χ1n) is 7.91. The van der Waals surface area contributed by atoms with Gasteiger partial charge in [-0.3, -0.25) is 14.7 Å². The summed E-state index contributed by atoms with van der Waals surface area (Å²) in [6.45, 7) is 4.98. The van der Waals surface area contributed by atoms with Crippen molar-refractivity contribution in [1.82, 2.24) is 29.9 Å². The summed E-state index contributed by atoms with van der Waals surface area (Å²) in [6.07, 6.45) is 6.61. The van der Waals surface area contributed by atoms with Gasteiger partial charge in [-0.2, -0.15) is 10.2 Å². The molecule has 118 valence electrons. The first-order valence-corrected chi connectivity index (χ1v) is 7.91. The Kier molecular flexibility index (Phi) is 3.46. The van der Waals surface area contributed by atoms with E-state index in [-0.39, 0.29) is 6.10 Å². The third-order valence-corrected chi connectivity index (χ3v) is 4.70. The number of ether oxygens (including phenoxy) is 1. The number of nitrogens with zero attached hydrogens (tertiary/aromatic N) is 5. The Morgan fingerprint density at radius 3 is 3.09 bits per heavy atom. The van der Waals surface area contributed by atoms with Crippen molar-refractivity contribution < 1.29 is 4.74 Å². The average molecular weight is 302 g/mol. The van der Waals surface area contributed by atoms with Crippen LogP contribution in [0.1, 0.15) is 36.2 Å². The lowest BCUT2D eigenvalue weighted by Crippen LogP contribution is -2.41. The van der Waals surface area contributed by atoms with Gasteiger partial charge in [-0.25, -0.2) is 4.98 Å². The van der Waals surface area contributed by atoms with Crippen LogP contribution in [-0.2, 0) is 18.3 Å². The van der Waals surface area contributed by atoms with Crippen molar-refractivity contribution in [3.05, 3.63) is 29.6 Å². The molecule has 0 saturated carbocycles. The van der Waals surface area contributed by atoms with Crippen LogP contribution in [0.25, 0.3) is 0 Å². The van der Waals surface area contributed by atoms with Gasteiger partial charge in [0.05, 0.1) is 12.3 Å². The molecule has 2 aliphatic heterocycles. The molecular formula is C15H22N6O. The standard InChI is InChI=1S/C15H22N6O/c1-10-17-15(19-18-10)13-5-12-3-4-21(9-14(12)22-13)8-11-6-16-20(2)7-11/h6-7,12-14H,3-5,8-9H2,1-2H3,(H,17,18,19)/t12-,13+,14+/m1/s1. The lowest BCUT2D eigenvalue weighted by molar-refractivity contribution is -0.0119. The van der Waals surface area contributed by atoms with Crippen molar-refractivity contribution >= 4 is 0 Å². The van der Waals surface area contributed by atoms with E-state index in [9.17, 15) is 0 Å². The molecule has 1 N–H and O–H groups in total. The Hall–Kier alpha value is -1.73. The molecule has 2 saturated heterocycles. The summed E-state index contributed by atoms with van der Waals surface area (Å²) in [5.41, 5.74) is 1.26. The summed E-state index contributed by atoms with van der Waals surface area (Å²) in [5, 5.41) is 11.4. The van der Waals surface area contributed by atoms with E-state index in [1.165, 1.54) is 12.0 Å². The number of likely N-dealkylation sites (tertiary alicyclic amines) is 1. The Morgan fingerprint density at radius 1 is 1.45 bits per heavy atom. The molecule has 7 heteroatoms. The molecule has 2 aliphatic rings. The summed E-state index contributed by atoms with van der Waals surface area (Å²) >= 11 is 0. The summed E-state index contributed by atoms with van der Waals surface area (Å²) in [7, 11) is 1.96. The van der Waals surface area contributed by atoms with Crippen LogP contribution in [0.15, 0.2) is 12.4 Å². The van der Waals surface area contributed by atoms with E-state index in [1.54, 1.807) is 0 Å². The Bertz CT molecular complexity index is 650. The average Bonchev–Trinajstić information content (AvgIpc) is 3.18. The summed E-state index contributed by atoms with van der Waals surface area (Å²) in [5.74, 6) is 2.30. The van der Waals surface area contributed by atoms with Crippen LogP contribution in [0.5, 0.6) is 0 Å². The topological polar surface area (TPSA) is 71.9 Å². The molecule has 2 aromatic heterocycles. The predicted molar refractivity (Wildman–Crippen MR) is 79.9 cm³/mol. The van der Waals surface area contributed by atoms with Crippen LogP contribution in [0.4, 0.5) is 0 Å². The van der Waals surface area contributed by atoms with Crippen molar-refractivity contribution in [3.63, 3.8) is 0 Å². The van der Waals surface area contributed by atoms with Crippen molar-refractivity contribution in [1.29, 1.82) is 0 Å². The normalized spacial score (nSPS) is 28.9. The van der Waals surface area contributed by atoms with Crippen molar-refractivity contribution in [2.75, 3.05) is 13.1 Å². The summed E-state index contributed by atoms with van der Waals surface area (Å²) in [6, 6.07) is 0. The van der Waals surface area contributed by atoms with Gasteiger partial charge in [0.25, 0.3) is 0 Å². The molecule has 0 bridgehead atoms. The lowest BCUT2D eigenvalue weighted by atomic mass is 9.91. The van der Waals surface area contributed by atoms with Crippen LogP contribution in [0.3, 0.4) is 0 Å². The third kappa shape index (κ3) is 2.66. The maximum absolute atomic E-state index is 6.23. The highest BCUT2D eigenvalue weighted by molar-refractivity contribution is 5.05. The van der Waals surface area contributed by atoms with Gasteiger partial charge in [0, 0.05) is 31.9 Å². The van der Waals surface area contributed by atoms with Gasteiger partial charge in [0.2, 0.25) is 0 Å². The zero-order valence-electron chi connectivity index (χ0n) is 13.1. The molecule has 4 heterocycles. The largest absolute Gasteiger partial charge is 0.365 e. The van der Waals surface area contributed by atoms with Gasteiger partial charge >= 0.3 is 0 Å². The predicted octanol–water partition coefficient (Wildman–Crippen LogP) is 1.20. The number of hydrogen-bond acceptors (Lipinski definition) is 5. The maximum Gasteiger partial charge on any atom is 0.179 e. The minimum Gasteiger partial charge on any atom is -0.365 e. The van der Waals surface area contributed by atoms with Crippen LogP contribution in [0, 0.1) is 12.8 Å². The summed E-state index contributed by atoms with van der Waals surface area (Å²) < 4.78 is 8.09. The molecule has 0 spiro atoms. The second kappa shape index (κ2) is 5.48. The number of nitrogens with one attached hydrogen (secondary N) is 1. The molecule has 0 aliphatic carbocycles. The minimum atomic E-state index is 0.0540. The lowest BCUT2D eigenvalue weighted by Gasteiger charge is -2.33. The highest BCUT2D eigenvalue weighted by atomic mass is 16.5. The zero-order chi connectivity index (χ0) is 15.1. The Balaban J connectivity index is 1.39. The SMILES string of the molecule is Cc1nc([C@@H]2C[C@H]3CCN(Cc4cnn(C)c4)C[C@@H]3O2)n[nH]1. The number of aryl methyl sites for hydroxylation is 2. The summed E-state index contributed by atoms with van der Waals surface area (Å²) in [4.78, 5) is 6.89. The second-order valence-corrected chi connectivity index (χ2v) is 6.48. The number of H-pyrrole nitrogens is 1. The van der Waals surface area contributed by atoms with Crippen molar-refractivity contribution in [3.8, 4) is 0 Å². The number of aromatic amines is 1. The molecule has 0 radical (unpaired) electrons. The van der Waals surface area contributed by atoms with Crippen LogP contribution in [-0.4, -0.2) is 49.1 Å². The molecule has 0 amide bonds. The third-order valence-electron chi connectivity index (χ3n) is 4.70. The molecule has 3 atom stereocenters. The quantitative estimate of drug-likeness (QED) is 0.922. The van der Waals surface area contributed by atoms with E-state index in [1.807, 2.05) is 24.9 Å². The second-order valence-electron chi connectivity index (χ2n) is 6.48. The molecule has 4 rings (SSSR count). The molecule has 0 aromatic carbocycles. The van der Waals surface area contributed by atoms with Crippen molar-refractivity contribution in [2.45, 2.75) is 38.5 Å². The minimum absolute atomic E-state index is 0.0540. The van der Waals surface area contributed by atoms with E-state index in [0.29, 0.717) is 12.0 Å². The van der Waals surface area contributed by atoms with Crippen LogP contribution < -0.4 is 0 Å². The molecule has 2 aromatic rings. The molecule has 7 nitrogen and oxygen atoms in total. The number of rotatable bonds is 3. The van der Waals surface area contributed by atoms with E-state index >= 15 is 0 Å². The molecular weight excluding hydrogens is 280 g/mol. The number of fused-ring (bicyclic) bond motifs is 1. The van der Waals surface area contributed by atoms with Gasteiger partial charge < -0.3 is 4.74 Å². The van der Waals surface area contributed by atoms with E-state index in [0.717, 1.165) is 37.7 Å². The molecule has 2 fully saturated rings. The monoisotopic (exact) mass is 302 g/mol. The number of aromatic nitrogens is 5. The first kappa shape index (κ1) is 13.9. The highest BCUT2D eigenvalue weighted by Crippen LogP contribution is 2.40. The van der Waals surface area contributed by atoms with Gasteiger partial charge in [0.1, 0.15) is 11.9 Å². The fourth-order valence-electron chi connectivity index (χ4n) is 3.62. The van der Waals surface area contributed by atoms with Gasteiger partial charge in [-0.05, 0) is 32.2 Å². The van der Waals surface area contributed by atoms with E-state index in [4.69, 9.17) is 4.74 Å². The zero-order valence-corrected chi connectivity index (χ0v) is 13.1. The Morgan fingerprint density at radius 2 is 2.36 bits per heavy atom. The maximum atomic E-state index is 6.23. The van der Waals surface area contributed by atoms with Crippen molar-refractivity contribution in [2.24, 2.45) is 13.0 Å². The first-order chi connectivity index (χ1) is 10.7. The smallest absolute Gasteiger partial charge is 0.179 e. The Labute approximate surface area is 129 Å². The van der Waals surface area contributed by atoms with Crippen LogP contribution >= 0.6 is 0 Å². The van der Waals surface area contributed by atoms with Gasteiger partial charge in [0.15, 0.2) is 5.82 Å². The number of piperidine rings is 1. The fourth-order valence-corrected chi connectivity index (χ4v) is 3.62. The fraction of sp³-hybridized carbons (Fsp3) is 0.667. The van der Waals surface area contributed by atoms with Gasteiger partial charge in [-0.15, -0.1) is 0 Å².